The van der Waals surface area contributed by atoms with Crippen LogP contribution in [0, 0.1) is 6.92 Å². The fourth-order valence-electron chi connectivity index (χ4n) is 1.70. The van der Waals surface area contributed by atoms with E-state index in [1.54, 1.807) is 25.1 Å². The lowest BCUT2D eigenvalue weighted by Gasteiger charge is -2.10. The van der Waals surface area contributed by atoms with Gasteiger partial charge in [0.25, 0.3) is 0 Å². The standard InChI is InChI=1S/C15H11Cl2NO4/c1-8-6-10(3-4-12(8)17)21-14(19)11-7-9(16)2-5-13(11)22-15(18)20/h2-7H,1H3,(H2,18,20). The third kappa shape index (κ3) is 3.90. The molecule has 0 fully saturated rings. The average molecular weight is 340 g/mol. The van der Waals surface area contributed by atoms with Gasteiger partial charge in [0, 0.05) is 10.0 Å². The topological polar surface area (TPSA) is 78.6 Å². The van der Waals surface area contributed by atoms with Gasteiger partial charge in [-0.25, -0.2) is 9.59 Å². The van der Waals surface area contributed by atoms with Crippen molar-refractivity contribution in [1.29, 1.82) is 0 Å². The molecule has 0 unspecified atom stereocenters. The Morgan fingerprint density at radius 1 is 1.05 bits per heavy atom. The van der Waals surface area contributed by atoms with Gasteiger partial charge in [-0.2, -0.15) is 0 Å². The molecule has 2 N–H and O–H groups in total. The van der Waals surface area contributed by atoms with E-state index in [4.69, 9.17) is 38.4 Å². The van der Waals surface area contributed by atoms with E-state index in [-0.39, 0.29) is 16.3 Å². The molecule has 114 valence electrons. The highest BCUT2D eigenvalue weighted by atomic mass is 35.5. The Kier molecular flexibility index (Phi) is 4.90. The van der Waals surface area contributed by atoms with Crippen molar-refractivity contribution in [2.45, 2.75) is 6.92 Å². The van der Waals surface area contributed by atoms with Gasteiger partial charge < -0.3 is 15.2 Å². The van der Waals surface area contributed by atoms with Gasteiger partial charge in [-0.3, -0.25) is 0 Å². The molecule has 5 nitrogen and oxygen atoms in total. The van der Waals surface area contributed by atoms with Crippen LogP contribution in [0.2, 0.25) is 10.0 Å². The van der Waals surface area contributed by atoms with Gasteiger partial charge in [0.05, 0.1) is 0 Å². The highest BCUT2D eigenvalue weighted by molar-refractivity contribution is 6.31. The highest BCUT2D eigenvalue weighted by Gasteiger charge is 2.17. The number of primary amides is 1. The number of ether oxygens (including phenoxy) is 2. The number of halogens is 2. The average Bonchev–Trinajstić information content (AvgIpc) is 2.44. The molecule has 0 heterocycles. The number of esters is 1. The summed E-state index contributed by atoms with van der Waals surface area (Å²) in [5.74, 6) is -0.468. The second-order valence-corrected chi connectivity index (χ2v) is 5.21. The van der Waals surface area contributed by atoms with Gasteiger partial charge >= 0.3 is 12.1 Å². The summed E-state index contributed by atoms with van der Waals surface area (Å²) < 4.78 is 9.99. The van der Waals surface area contributed by atoms with Crippen molar-refractivity contribution in [1.82, 2.24) is 0 Å². The minimum atomic E-state index is -1.04. The number of benzene rings is 2. The normalized spacial score (nSPS) is 10.1. The van der Waals surface area contributed by atoms with Crippen LogP contribution in [0.3, 0.4) is 0 Å². The van der Waals surface area contributed by atoms with Crippen LogP contribution < -0.4 is 15.2 Å². The lowest BCUT2D eigenvalue weighted by Crippen LogP contribution is -2.19. The van der Waals surface area contributed by atoms with E-state index in [2.05, 4.69) is 0 Å². The number of hydrogen-bond acceptors (Lipinski definition) is 4. The Morgan fingerprint density at radius 3 is 2.41 bits per heavy atom. The van der Waals surface area contributed by atoms with Gasteiger partial charge in [-0.05, 0) is 48.9 Å². The van der Waals surface area contributed by atoms with Crippen LogP contribution in [0.15, 0.2) is 36.4 Å². The van der Waals surface area contributed by atoms with Crippen molar-refractivity contribution >= 4 is 35.3 Å². The van der Waals surface area contributed by atoms with Gasteiger partial charge in [0.15, 0.2) is 0 Å². The van der Waals surface area contributed by atoms with E-state index in [1.165, 1.54) is 18.2 Å². The van der Waals surface area contributed by atoms with Gasteiger partial charge in [0.2, 0.25) is 0 Å². The first-order valence-corrected chi connectivity index (χ1v) is 6.87. The first kappa shape index (κ1) is 16.1. The molecule has 7 heteroatoms. The zero-order valence-electron chi connectivity index (χ0n) is 11.4. The number of hydrogen-bond donors (Lipinski definition) is 1. The van der Waals surface area contributed by atoms with E-state index < -0.39 is 12.1 Å². The van der Waals surface area contributed by atoms with E-state index in [0.29, 0.717) is 10.8 Å². The number of carbonyl (C=O) groups excluding carboxylic acids is 2. The van der Waals surface area contributed by atoms with Crippen molar-refractivity contribution in [2.75, 3.05) is 0 Å². The molecule has 0 atom stereocenters. The lowest BCUT2D eigenvalue weighted by molar-refractivity contribution is 0.0732. The lowest BCUT2D eigenvalue weighted by atomic mass is 10.2. The summed E-state index contributed by atoms with van der Waals surface area (Å²) >= 11 is 11.8. The molecule has 1 amide bonds. The minimum Gasteiger partial charge on any atom is -0.423 e. The molecule has 2 aromatic carbocycles. The molecule has 0 spiro atoms. The first-order chi connectivity index (χ1) is 10.4. The molecule has 2 rings (SSSR count). The van der Waals surface area contributed by atoms with E-state index in [1.807, 2.05) is 0 Å². The zero-order chi connectivity index (χ0) is 16.3. The van der Waals surface area contributed by atoms with E-state index in [9.17, 15) is 9.59 Å². The highest BCUT2D eigenvalue weighted by Crippen LogP contribution is 2.26. The Hall–Kier alpha value is -2.24. The van der Waals surface area contributed by atoms with Crippen LogP contribution in [0.25, 0.3) is 0 Å². The Labute approximate surface area is 136 Å². The summed E-state index contributed by atoms with van der Waals surface area (Å²) in [5, 5.41) is 0.844. The third-order valence-electron chi connectivity index (χ3n) is 2.71. The minimum absolute atomic E-state index is 0.0149. The fraction of sp³-hybridized carbons (Fsp3) is 0.0667. The zero-order valence-corrected chi connectivity index (χ0v) is 12.9. The maximum absolute atomic E-state index is 12.2. The van der Waals surface area contributed by atoms with Crippen LogP contribution in [0.4, 0.5) is 4.79 Å². The SMILES string of the molecule is Cc1cc(OC(=O)c2cc(Cl)ccc2OC(N)=O)ccc1Cl. The fourth-order valence-corrected chi connectivity index (χ4v) is 1.99. The molecule has 0 saturated carbocycles. The maximum Gasteiger partial charge on any atom is 0.409 e. The van der Waals surface area contributed by atoms with Crippen molar-refractivity contribution in [3.05, 3.63) is 57.6 Å². The summed E-state index contributed by atoms with van der Waals surface area (Å²) in [6.07, 6.45) is -1.04. The Balaban J connectivity index is 2.30. The smallest absolute Gasteiger partial charge is 0.409 e. The second kappa shape index (κ2) is 6.68. The summed E-state index contributed by atoms with van der Waals surface area (Å²) in [5.41, 5.74) is 5.70. The maximum atomic E-state index is 12.2. The van der Waals surface area contributed by atoms with Crippen molar-refractivity contribution in [3.8, 4) is 11.5 Å². The second-order valence-electron chi connectivity index (χ2n) is 4.36. The van der Waals surface area contributed by atoms with Crippen LogP contribution >= 0.6 is 23.2 Å². The number of nitrogens with two attached hydrogens (primary N) is 1. The molecule has 2 aromatic rings. The van der Waals surface area contributed by atoms with E-state index in [0.717, 1.165) is 5.56 Å². The molecule has 0 radical (unpaired) electrons. The molecule has 0 saturated heterocycles. The number of aryl methyl sites for hydroxylation is 1. The predicted octanol–water partition coefficient (Wildman–Crippen LogP) is 3.98. The molecule has 0 aliphatic rings. The monoisotopic (exact) mass is 339 g/mol. The first-order valence-electron chi connectivity index (χ1n) is 6.12. The molecule has 0 aliphatic heterocycles. The predicted molar refractivity (Wildman–Crippen MR) is 82.8 cm³/mol. The summed E-state index contributed by atoms with van der Waals surface area (Å²) in [6.45, 7) is 1.78. The van der Waals surface area contributed by atoms with E-state index >= 15 is 0 Å². The largest absolute Gasteiger partial charge is 0.423 e. The van der Waals surface area contributed by atoms with Crippen molar-refractivity contribution < 1.29 is 19.1 Å². The van der Waals surface area contributed by atoms with Gasteiger partial charge in [0.1, 0.15) is 17.1 Å². The van der Waals surface area contributed by atoms with Gasteiger partial charge in [-0.15, -0.1) is 0 Å². The summed E-state index contributed by atoms with van der Waals surface area (Å²) in [4.78, 5) is 23.1. The van der Waals surface area contributed by atoms with Crippen LogP contribution in [0.1, 0.15) is 15.9 Å². The number of rotatable bonds is 3. The number of carbonyl (C=O) groups is 2. The third-order valence-corrected chi connectivity index (χ3v) is 3.37. The van der Waals surface area contributed by atoms with Crippen LogP contribution in [-0.4, -0.2) is 12.1 Å². The van der Waals surface area contributed by atoms with Crippen LogP contribution in [0.5, 0.6) is 11.5 Å². The quantitative estimate of drug-likeness (QED) is 0.677. The van der Waals surface area contributed by atoms with Crippen LogP contribution in [-0.2, 0) is 0 Å². The summed E-state index contributed by atoms with van der Waals surface area (Å²) in [6, 6.07) is 8.91. The molecule has 22 heavy (non-hydrogen) atoms. The molecular formula is C15H11Cl2NO4. The molecule has 0 aliphatic carbocycles. The van der Waals surface area contributed by atoms with Gasteiger partial charge in [-0.1, -0.05) is 23.2 Å². The Morgan fingerprint density at radius 2 is 1.77 bits per heavy atom. The van der Waals surface area contributed by atoms with Crippen molar-refractivity contribution in [2.24, 2.45) is 5.73 Å². The molecular weight excluding hydrogens is 329 g/mol. The summed E-state index contributed by atoms with van der Waals surface area (Å²) in [7, 11) is 0. The molecule has 0 bridgehead atoms. The Bertz CT molecular complexity index is 746. The molecule has 0 aromatic heterocycles. The number of amides is 1. The van der Waals surface area contributed by atoms with Crippen molar-refractivity contribution in [3.63, 3.8) is 0 Å².